The topological polar surface area (TPSA) is 168 Å². The zero-order valence-corrected chi connectivity index (χ0v) is 6.97. The molecule has 0 radical (unpaired) electrons. The second kappa shape index (κ2) is 4.05. The van der Waals surface area contributed by atoms with E-state index >= 15 is 0 Å². The number of nitrogens with one attached hydrogen (secondary N) is 1. The molecule has 0 aliphatic heterocycles. The quantitative estimate of drug-likeness (QED) is 0.262. The third kappa shape index (κ3) is 5.87. The molecule has 0 aromatic carbocycles. The van der Waals surface area contributed by atoms with Crippen LogP contribution in [0.3, 0.4) is 0 Å². The number of phosphoric acid groups is 1. The number of primary amides is 2. The van der Waals surface area contributed by atoms with Gasteiger partial charge in [0.25, 0.3) is 0 Å². The number of nitrogens with two attached hydrogens (primary N) is 2. The van der Waals surface area contributed by atoms with Gasteiger partial charge in [0.15, 0.2) is 0 Å². The largest absolute Gasteiger partial charge is 0.493 e. The molecule has 0 saturated carbocycles. The SMILES string of the molecule is NC(=O)NN(OP(=O)(O)O)C(N)=O. The standard InChI is InChI=1S/C2H7N4O6P/c3-1(7)5-6(2(4)8)12-13(9,10)11/h(H2,4,8)(H3,3,5,7)(H2,9,10,11). The molecule has 0 fully saturated rings. The third-order valence-electron chi connectivity index (χ3n) is 0.600. The first-order valence-corrected chi connectivity index (χ1v) is 4.16. The van der Waals surface area contributed by atoms with Crippen molar-refractivity contribution in [1.82, 2.24) is 10.6 Å². The van der Waals surface area contributed by atoms with E-state index in [4.69, 9.17) is 9.79 Å². The van der Waals surface area contributed by atoms with Gasteiger partial charge in [0.2, 0.25) is 0 Å². The van der Waals surface area contributed by atoms with Crippen molar-refractivity contribution in [2.75, 3.05) is 0 Å². The maximum Gasteiger partial charge on any atom is 0.493 e. The van der Waals surface area contributed by atoms with Crippen molar-refractivity contribution >= 4 is 19.9 Å². The first-order chi connectivity index (χ1) is 5.72. The Labute approximate surface area is 71.6 Å². The van der Waals surface area contributed by atoms with E-state index in [1.807, 2.05) is 0 Å². The molecule has 0 aliphatic rings. The molecule has 0 saturated heterocycles. The van der Waals surface area contributed by atoms with Gasteiger partial charge in [-0.05, 0) is 0 Å². The number of urea groups is 2. The van der Waals surface area contributed by atoms with Gasteiger partial charge < -0.3 is 21.3 Å². The molecular weight excluding hydrogens is 207 g/mol. The fraction of sp³-hybridized carbons (Fsp3) is 0. The number of carbonyl (C=O) groups excluding carboxylic acids is 2. The molecule has 76 valence electrons. The molecule has 7 N–H and O–H groups in total. The van der Waals surface area contributed by atoms with Gasteiger partial charge in [-0.25, -0.2) is 19.6 Å². The van der Waals surface area contributed by atoms with Gasteiger partial charge in [-0.1, -0.05) is 5.17 Å². The van der Waals surface area contributed by atoms with Gasteiger partial charge >= 0.3 is 19.9 Å². The van der Waals surface area contributed by atoms with Crippen molar-refractivity contribution in [2.24, 2.45) is 11.5 Å². The van der Waals surface area contributed by atoms with Crippen LogP contribution in [0, 0.1) is 0 Å². The molecule has 0 spiro atoms. The van der Waals surface area contributed by atoms with Crippen LogP contribution in [0.15, 0.2) is 0 Å². The lowest BCUT2D eigenvalue weighted by molar-refractivity contribution is -0.0626. The highest BCUT2D eigenvalue weighted by molar-refractivity contribution is 7.46. The second-order valence-corrected chi connectivity index (χ2v) is 2.83. The molecule has 4 amide bonds. The highest BCUT2D eigenvalue weighted by Gasteiger charge is 2.24. The van der Waals surface area contributed by atoms with E-state index in [1.54, 1.807) is 0 Å². The first-order valence-electron chi connectivity index (χ1n) is 2.63. The minimum atomic E-state index is -4.98. The number of hydroxylamine groups is 1. The molecule has 0 heterocycles. The summed E-state index contributed by atoms with van der Waals surface area (Å²) in [5.41, 5.74) is 10.5. The summed E-state index contributed by atoms with van der Waals surface area (Å²) in [5, 5.41) is -0.275. The van der Waals surface area contributed by atoms with Crippen molar-refractivity contribution in [3.8, 4) is 0 Å². The van der Waals surface area contributed by atoms with Crippen LogP contribution in [0.25, 0.3) is 0 Å². The number of hydrogen-bond acceptors (Lipinski definition) is 4. The Morgan fingerprint density at radius 1 is 1.38 bits per heavy atom. The lowest BCUT2D eigenvalue weighted by Crippen LogP contribution is -2.50. The van der Waals surface area contributed by atoms with E-state index in [0.29, 0.717) is 0 Å². The van der Waals surface area contributed by atoms with E-state index in [2.05, 4.69) is 16.1 Å². The Hall–Kier alpha value is -1.35. The first kappa shape index (κ1) is 11.6. The lowest BCUT2D eigenvalue weighted by atomic mass is 11.0. The van der Waals surface area contributed by atoms with Crippen LogP contribution in [0.5, 0.6) is 0 Å². The Morgan fingerprint density at radius 3 is 2.08 bits per heavy atom. The third-order valence-corrected chi connectivity index (χ3v) is 0.976. The van der Waals surface area contributed by atoms with Gasteiger partial charge in [0.05, 0.1) is 0 Å². The van der Waals surface area contributed by atoms with Crippen molar-refractivity contribution in [3.05, 3.63) is 0 Å². The summed E-state index contributed by atoms with van der Waals surface area (Å²) < 4.78 is 13.8. The molecule has 0 aromatic rings. The molecule has 13 heavy (non-hydrogen) atoms. The minimum absolute atomic E-state index is 0.275. The predicted octanol–water partition coefficient (Wildman–Crippen LogP) is -2.03. The Kier molecular flexibility index (Phi) is 3.63. The maximum atomic E-state index is 10.3. The van der Waals surface area contributed by atoms with Crippen LogP contribution in [0.1, 0.15) is 0 Å². The van der Waals surface area contributed by atoms with Gasteiger partial charge in [0.1, 0.15) is 0 Å². The second-order valence-electron chi connectivity index (χ2n) is 1.68. The summed E-state index contributed by atoms with van der Waals surface area (Å²) in [6, 6.07) is -2.71. The maximum absolute atomic E-state index is 10.3. The number of rotatable bonds is 2. The van der Waals surface area contributed by atoms with Gasteiger partial charge in [-0.3, -0.25) is 0 Å². The van der Waals surface area contributed by atoms with E-state index in [1.165, 1.54) is 5.43 Å². The zero-order chi connectivity index (χ0) is 10.6. The molecule has 0 bridgehead atoms. The van der Waals surface area contributed by atoms with E-state index in [0.717, 1.165) is 0 Å². The molecule has 0 atom stereocenters. The minimum Gasteiger partial charge on any atom is -0.350 e. The average Bonchev–Trinajstić information content (AvgIpc) is 1.81. The van der Waals surface area contributed by atoms with E-state index in [-0.39, 0.29) is 5.17 Å². The number of carbonyl (C=O) groups is 2. The van der Waals surface area contributed by atoms with Gasteiger partial charge in [-0.15, -0.1) is 4.62 Å². The monoisotopic (exact) mass is 214 g/mol. The van der Waals surface area contributed by atoms with Crippen LogP contribution in [-0.2, 0) is 9.19 Å². The van der Waals surface area contributed by atoms with Crippen LogP contribution in [0.4, 0.5) is 9.59 Å². The summed E-state index contributed by atoms with van der Waals surface area (Å²) in [6.45, 7) is 0. The molecular formula is C2H7N4O6P. The van der Waals surface area contributed by atoms with E-state index < -0.39 is 19.9 Å². The molecule has 0 unspecified atom stereocenters. The summed E-state index contributed by atoms with van der Waals surface area (Å²) in [5.74, 6) is 0. The van der Waals surface area contributed by atoms with Crippen LogP contribution >= 0.6 is 7.82 Å². The zero-order valence-electron chi connectivity index (χ0n) is 6.08. The fourth-order valence-corrected chi connectivity index (χ4v) is 0.656. The van der Waals surface area contributed by atoms with Crippen LogP contribution in [0.2, 0.25) is 0 Å². The summed E-state index contributed by atoms with van der Waals surface area (Å²) in [6.07, 6.45) is 0. The molecule has 0 rings (SSSR count). The lowest BCUT2D eigenvalue weighted by Gasteiger charge is -2.17. The Balaban J connectivity index is 4.36. The summed E-state index contributed by atoms with van der Waals surface area (Å²) in [7, 11) is -4.98. The normalized spacial score (nSPS) is 10.6. The Bertz CT molecular complexity index is 259. The highest BCUT2D eigenvalue weighted by Crippen LogP contribution is 2.36. The van der Waals surface area contributed by atoms with Crippen molar-refractivity contribution in [3.63, 3.8) is 0 Å². The fourth-order valence-electron chi connectivity index (χ4n) is 0.322. The number of hydrogen-bond donors (Lipinski definition) is 5. The van der Waals surface area contributed by atoms with Crippen molar-refractivity contribution in [2.45, 2.75) is 0 Å². The van der Waals surface area contributed by atoms with Crippen molar-refractivity contribution in [1.29, 1.82) is 0 Å². The summed E-state index contributed by atoms with van der Waals surface area (Å²) in [4.78, 5) is 36.8. The number of amides is 4. The van der Waals surface area contributed by atoms with Crippen LogP contribution < -0.4 is 16.9 Å². The smallest absolute Gasteiger partial charge is 0.350 e. The highest BCUT2D eigenvalue weighted by atomic mass is 31.2. The number of nitrogens with zero attached hydrogens (tertiary/aromatic N) is 1. The summed E-state index contributed by atoms with van der Waals surface area (Å²) >= 11 is 0. The predicted molar refractivity (Wildman–Crippen MR) is 37.3 cm³/mol. The van der Waals surface area contributed by atoms with Crippen LogP contribution in [-0.4, -0.2) is 27.0 Å². The molecule has 11 heteroatoms. The van der Waals surface area contributed by atoms with Gasteiger partial charge in [0, 0.05) is 0 Å². The molecule has 10 nitrogen and oxygen atoms in total. The number of hydrazine groups is 1. The average molecular weight is 214 g/mol. The van der Waals surface area contributed by atoms with Crippen molar-refractivity contribution < 1.29 is 28.6 Å². The molecule has 0 aliphatic carbocycles. The van der Waals surface area contributed by atoms with Gasteiger partial charge in [-0.2, -0.15) is 0 Å². The molecule has 0 aromatic heterocycles. The Morgan fingerprint density at radius 2 is 1.85 bits per heavy atom. The van der Waals surface area contributed by atoms with E-state index in [9.17, 15) is 14.2 Å².